The van der Waals surface area contributed by atoms with E-state index in [4.69, 9.17) is 43.4 Å². The minimum absolute atomic E-state index is 0.294. The van der Waals surface area contributed by atoms with E-state index in [0.29, 0.717) is 20.9 Å². The molecule has 3 aromatic carbocycles. The Kier molecular flexibility index (Phi) is 5.21. The summed E-state index contributed by atoms with van der Waals surface area (Å²) in [4.78, 5) is 5.93. The van der Waals surface area contributed by atoms with Crippen LogP contribution in [0.25, 0.3) is 5.69 Å². The molecule has 9 heteroatoms. The molecule has 1 unspecified atom stereocenters. The molecule has 3 heterocycles. The van der Waals surface area contributed by atoms with Crippen molar-refractivity contribution in [2.75, 3.05) is 12.1 Å². The van der Waals surface area contributed by atoms with Crippen molar-refractivity contribution in [2.24, 2.45) is 10.1 Å². The lowest BCUT2D eigenvalue weighted by molar-refractivity contribution is 0.414. The van der Waals surface area contributed by atoms with Gasteiger partial charge >= 0.3 is 6.02 Å². The number of fused-ring (bicyclic) bond motifs is 3. The third-order valence-corrected chi connectivity index (χ3v) is 7.27. The normalized spacial score (nSPS) is 16.3. The number of aromatic nitrogens is 1. The highest BCUT2D eigenvalue weighted by molar-refractivity contribution is 7.73. The lowest BCUT2D eigenvalue weighted by atomic mass is 10.0. The Balaban J connectivity index is 1.55. The van der Waals surface area contributed by atoms with E-state index in [-0.39, 0.29) is 6.04 Å². The Hall–Kier alpha value is -3.46. The van der Waals surface area contributed by atoms with Crippen molar-refractivity contribution in [3.8, 4) is 11.4 Å². The first-order valence-electron chi connectivity index (χ1n) is 10.5. The fourth-order valence-corrected chi connectivity index (χ4v) is 5.59. The maximum atomic E-state index is 6.16. The van der Waals surface area contributed by atoms with Gasteiger partial charge in [0.1, 0.15) is 11.8 Å². The number of hydrogen-bond acceptors (Lipinski definition) is 7. The predicted molar refractivity (Wildman–Crippen MR) is 138 cm³/mol. The van der Waals surface area contributed by atoms with Crippen LogP contribution >= 0.6 is 35.2 Å². The zero-order valence-electron chi connectivity index (χ0n) is 17.9. The van der Waals surface area contributed by atoms with Crippen molar-refractivity contribution in [3.05, 3.63) is 104 Å². The van der Waals surface area contributed by atoms with E-state index >= 15 is 0 Å². The predicted octanol–water partition coefficient (Wildman–Crippen LogP) is 6.59. The number of benzene rings is 3. The van der Waals surface area contributed by atoms with Crippen LogP contribution in [-0.2, 0) is 4.74 Å². The van der Waals surface area contributed by atoms with Gasteiger partial charge in [0.2, 0.25) is 5.90 Å². The Morgan fingerprint density at radius 1 is 1.00 bits per heavy atom. The quantitative estimate of drug-likeness (QED) is 0.294. The fourth-order valence-electron chi connectivity index (χ4n) is 3.96. The Bertz CT molecular complexity index is 1490. The van der Waals surface area contributed by atoms with Crippen LogP contribution in [0.3, 0.4) is 0 Å². The molecule has 0 saturated carbocycles. The first-order valence-corrected chi connectivity index (χ1v) is 12.1. The summed E-state index contributed by atoms with van der Waals surface area (Å²) in [5.74, 6) is 2.08. The van der Waals surface area contributed by atoms with Crippen LogP contribution in [0.1, 0.15) is 22.0 Å². The summed E-state index contributed by atoms with van der Waals surface area (Å²) in [6.07, 6.45) is 0. The van der Waals surface area contributed by atoms with Gasteiger partial charge in [0.15, 0.2) is 9.77 Å². The number of anilines is 1. The molecule has 2 aliphatic rings. The summed E-state index contributed by atoms with van der Waals surface area (Å²) in [6, 6.07) is 25.3. The molecule has 0 amide bonds. The van der Waals surface area contributed by atoms with Gasteiger partial charge in [-0.3, -0.25) is 4.57 Å². The molecule has 1 atom stereocenters. The second-order valence-electron chi connectivity index (χ2n) is 7.64. The van der Waals surface area contributed by atoms with Crippen LogP contribution in [0.4, 0.5) is 5.82 Å². The van der Waals surface area contributed by atoms with Gasteiger partial charge in [-0.2, -0.15) is 5.01 Å². The standard InChI is InChI=1S/C25H17ClN4O2S2/c1-31-19-13-7-15(8-14-19)20-21-23(29(25(33)34-21)18-11-9-17(26)10-12-18)30-24(27-20)32-22(28-30)16-5-3-2-4-6-16/h2-14,20H,1H3. The van der Waals surface area contributed by atoms with Crippen LogP contribution in [0, 0.1) is 3.95 Å². The second kappa shape index (κ2) is 8.39. The number of nitrogens with zero attached hydrogens (tertiary/aromatic N) is 4. The van der Waals surface area contributed by atoms with E-state index in [1.165, 1.54) is 11.3 Å². The minimum Gasteiger partial charge on any atom is -0.497 e. The topological polar surface area (TPSA) is 51.4 Å². The highest BCUT2D eigenvalue weighted by Gasteiger charge is 2.39. The summed E-state index contributed by atoms with van der Waals surface area (Å²) in [6.45, 7) is 0. The number of hydrazone groups is 1. The van der Waals surface area contributed by atoms with Gasteiger partial charge in [-0.25, -0.2) is 4.99 Å². The number of amidine groups is 1. The van der Waals surface area contributed by atoms with E-state index in [9.17, 15) is 0 Å². The molecule has 0 N–H and O–H groups in total. The zero-order valence-corrected chi connectivity index (χ0v) is 20.3. The molecule has 1 aromatic heterocycles. The summed E-state index contributed by atoms with van der Waals surface area (Å²) in [7, 11) is 1.65. The minimum atomic E-state index is -0.294. The molecule has 0 fully saturated rings. The molecule has 0 spiro atoms. The van der Waals surface area contributed by atoms with Crippen molar-refractivity contribution in [1.29, 1.82) is 0 Å². The summed E-state index contributed by atoms with van der Waals surface area (Å²) >= 11 is 13.5. The third kappa shape index (κ3) is 3.51. The summed E-state index contributed by atoms with van der Waals surface area (Å²) < 4.78 is 14.2. The van der Waals surface area contributed by atoms with Crippen molar-refractivity contribution >= 4 is 52.9 Å². The first kappa shape index (κ1) is 21.1. The molecule has 2 aliphatic heterocycles. The SMILES string of the molecule is COc1ccc(C2N=C3OC(c4ccccc4)=NN3c3c2sc(=S)n3-c2ccc(Cl)cc2)cc1. The largest absolute Gasteiger partial charge is 0.497 e. The van der Waals surface area contributed by atoms with Crippen molar-refractivity contribution in [3.63, 3.8) is 0 Å². The lowest BCUT2D eigenvalue weighted by Gasteiger charge is -2.25. The summed E-state index contributed by atoms with van der Waals surface area (Å²) in [5, 5.41) is 7.18. The van der Waals surface area contributed by atoms with Gasteiger partial charge in [-0.05, 0) is 66.3 Å². The lowest BCUT2D eigenvalue weighted by Crippen LogP contribution is -2.29. The summed E-state index contributed by atoms with van der Waals surface area (Å²) in [5.41, 5.74) is 2.77. The molecule has 0 bridgehead atoms. The second-order valence-corrected chi connectivity index (χ2v) is 9.75. The van der Waals surface area contributed by atoms with Crippen LogP contribution in [-0.4, -0.2) is 23.6 Å². The molecule has 6 nitrogen and oxygen atoms in total. The molecule has 168 valence electrons. The monoisotopic (exact) mass is 504 g/mol. The zero-order chi connectivity index (χ0) is 23.2. The number of halogens is 1. The van der Waals surface area contributed by atoms with Gasteiger partial charge < -0.3 is 9.47 Å². The van der Waals surface area contributed by atoms with Crippen LogP contribution in [0.15, 0.2) is 89.0 Å². The van der Waals surface area contributed by atoms with E-state index < -0.39 is 0 Å². The van der Waals surface area contributed by atoms with E-state index in [1.54, 1.807) is 12.1 Å². The van der Waals surface area contributed by atoms with Gasteiger partial charge in [-0.15, -0.1) is 16.4 Å². The Morgan fingerprint density at radius 2 is 1.74 bits per heavy atom. The molecular weight excluding hydrogens is 488 g/mol. The van der Waals surface area contributed by atoms with E-state index in [0.717, 1.165) is 33.3 Å². The smallest absolute Gasteiger partial charge is 0.322 e. The van der Waals surface area contributed by atoms with Gasteiger partial charge in [0.05, 0.1) is 12.0 Å². The maximum Gasteiger partial charge on any atom is 0.322 e. The molecule has 34 heavy (non-hydrogen) atoms. The molecular formula is C25H17ClN4O2S2. The number of methoxy groups -OCH3 is 1. The molecule has 0 radical (unpaired) electrons. The highest BCUT2D eigenvalue weighted by atomic mass is 35.5. The molecule has 4 aromatic rings. The molecule has 0 aliphatic carbocycles. The number of aliphatic imine (C=N–C) groups is 1. The average molecular weight is 505 g/mol. The molecule has 6 rings (SSSR count). The number of ether oxygens (including phenoxy) is 2. The highest BCUT2D eigenvalue weighted by Crippen LogP contribution is 2.45. The first-order chi connectivity index (χ1) is 16.6. The van der Waals surface area contributed by atoms with Crippen LogP contribution < -0.4 is 9.75 Å². The Morgan fingerprint density at radius 3 is 2.44 bits per heavy atom. The number of thiazole rings is 1. The van der Waals surface area contributed by atoms with Gasteiger partial charge in [0, 0.05) is 16.3 Å². The van der Waals surface area contributed by atoms with E-state index in [2.05, 4.69) is 0 Å². The van der Waals surface area contributed by atoms with Crippen molar-refractivity contribution in [1.82, 2.24) is 4.57 Å². The molecule has 0 saturated heterocycles. The fraction of sp³-hybridized carbons (Fsp3) is 0.0800. The van der Waals surface area contributed by atoms with E-state index in [1.807, 2.05) is 83.4 Å². The van der Waals surface area contributed by atoms with Crippen molar-refractivity contribution in [2.45, 2.75) is 6.04 Å². The number of rotatable bonds is 4. The van der Waals surface area contributed by atoms with Crippen LogP contribution in [0.5, 0.6) is 5.75 Å². The van der Waals surface area contributed by atoms with Crippen LogP contribution in [0.2, 0.25) is 5.02 Å². The number of hydrogen-bond donors (Lipinski definition) is 0. The van der Waals surface area contributed by atoms with Crippen molar-refractivity contribution < 1.29 is 9.47 Å². The van der Waals surface area contributed by atoms with Gasteiger partial charge in [0.25, 0.3) is 0 Å². The third-order valence-electron chi connectivity index (χ3n) is 5.60. The van der Waals surface area contributed by atoms with Gasteiger partial charge in [-0.1, -0.05) is 41.9 Å². The Labute approximate surface area is 210 Å². The maximum absolute atomic E-state index is 6.16. The average Bonchev–Trinajstić information content (AvgIpc) is 3.45.